The highest BCUT2D eigenvalue weighted by Gasteiger charge is 2.09. The number of aryl methyl sites for hydroxylation is 1. The second kappa shape index (κ2) is 7.27. The molecule has 0 aliphatic heterocycles. The van der Waals surface area contributed by atoms with Gasteiger partial charge in [0.05, 0.1) is 5.56 Å². The zero-order valence-corrected chi connectivity index (χ0v) is 13.0. The summed E-state index contributed by atoms with van der Waals surface area (Å²) in [6.45, 7) is 2.74. The second-order valence-corrected chi connectivity index (χ2v) is 5.46. The zero-order chi connectivity index (χ0) is 12.0. The predicted molar refractivity (Wildman–Crippen MR) is 79.3 cm³/mol. The van der Waals surface area contributed by atoms with Crippen molar-refractivity contribution in [2.75, 3.05) is 11.0 Å². The van der Waals surface area contributed by atoms with Crippen LogP contribution in [0, 0.1) is 6.92 Å². The van der Waals surface area contributed by atoms with Crippen LogP contribution in [0.15, 0.2) is 22.7 Å². The fourth-order valence-electron chi connectivity index (χ4n) is 1.34. The Hall–Kier alpha value is -0.100. The number of carbonyl (C=O) groups excluding carboxylic acids is 1. The van der Waals surface area contributed by atoms with Crippen molar-refractivity contribution in [1.29, 1.82) is 0 Å². The third kappa shape index (κ3) is 4.05. The van der Waals surface area contributed by atoms with Gasteiger partial charge in [-0.05, 0) is 51.8 Å². The van der Waals surface area contributed by atoms with E-state index in [2.05, 4.69) is 43.8 Å². The lowest BCUT2D eigenvalue weighted by Crippen LogP contribution is -2.24. The summed E-state index contributed by atoms with van der Waals surface area (Å²) in [4.78, 5) is 11.8. The molecule has 0 aliphatic rings. The molecule has 0 aliphatic carbocycles. The van der Waals surface area contributed by atoms with Crippen LogP contribution in [0.5, 0.6) is 0 Å². The van der Waals surface area contributed by atoms with E-state index < -0.39 is 0 Å². The Kier molecular flexibility index (Phi) is 6.34. The molecule has 16 heavy (non-hydrogen) atoms. The predicted octanol–water partition coefficient (Wildman–Crippen LogP) is 3.70. The number of rotatable bonds is 5. The summed E-state index contributed by atoms with van der Waals surface area (Å²) in [7, 11) is 0. The van der Waals surface area contributed by atoms with Crippen LogP contribution in [-0.2, 0) is 0 Å². The van der Waals surface area contributed by atoms with Crippen LogP contribution in [-0.4, -0.2) is 16.9 Å². The Bertz CT molecular complexity index is 368. The van der Waals surface area contributed by atoms with E-state index in [-0.39, 0.29) is 5.91 Å². The lowest BCUT2D eigenvalue weighted by Gasteiger charge is -2.07. The van der Waals surface area contributed by atoms with Crippen molar-refractivity contribution in [3.8, 4) is 0 Å². The van der Waals surface area contributed by atoms with Crippen LogP contribution in [0.2, 0.25) is 0 Å². The van der Waals surface area contributed by atoms with Gasteiger partial charge in [0.15, 0.2) is 0 Å². The number of amides is 1. The number of nitrogens with one attached hydrogen (secondary N) is 1. The molecular weight excluding hydrogens is 381 g/mol. The van der Waals surface area contributed by atoms with Gasteiger partial charge in [0, 0.05) is 11.0 Å². The third-order valence-electron chi connectivity index (χ3n) is 2.28. The van der Waals surface area contributed by atoms with E-state index in [0.717, 1.165) is 39.4 Å². The van der Waals surface area contributed by atoms with Crippen molar-refractivity contribution >= 4 is 44.4 Å². The Balaban J connectivity index is 2.56. The fourth-order valence-corrected chi connectivity index (χ4v) is 2.32. The summed E-state index contributed by atoms with van der Waals surface area (Å²) in [6.07, 6.45) is 2.19. The van der Waals surface area contributed by atoms with Gasteiger partial charge >= 0.3 is 0 Å². The van der Waals surface area contributed by atoms with Crippen LogP contribution in [0.3, 0.4) is 0 Å². The summed E-state index contributed by atoms with van der Waals surface area (Å²) in [5.74, 6) is 0.00373. The van der Waals surface area contributed by atoms with Crippen molar-refractivity contribution < 1.29 is 4.79 Å². The summed E-state index contributed by atoms with van der Waals surface area (Å²) >= 11 is 5.79. The van der Waals surface area contributed by atoms with E-state index in [1.165, 1.54) is 0 Å². The van der Waals surface area contributed by atoms with E-state index in [0.29, 0.717) is 0 Å². The Morgan fingerprint density at radius 3 is 2.88 bits per heavy atom. The maximum absolute atomic E-state index is 11.8. The minimum Gasteiger partial charge on any atom is -0.352 e. The van der Waals surface area contributed by atoms with Gasteiger partial charge in [0.2, 0.25) is 0 Å². The van der Waals surface area contributed by atoms with Crippen molar-refractivity contribution in [3.05, 3.63) is 33.8 Å². The molecule has 1 amide bonds. The molecule has 1 aromatic rings. The molecule has 88 valence electrons. The molecule has 0 unspecified atom stereocenters. The van der Waals surface area contributed by atoms with Crippen molar-refractivity contribution in [3.63, 3.8) is 0 Å². The summed E-state index contributed by atoms with van der Waals surface area (Å²) in [5.41, 5.74) is 1.80. The highest BCUT2D eigenvalue weighted by molar-refractivity contribution is 14.1. The Morgan fingerprint density at radius 1 is 1.44 bits per heavy atom. The molecule has 0 bridgehead atoms. The quantitative estimate of drug-likeness (QED) is 0.459. The summed E-state index contributed by atoms with van der Waals surface area (Å²) in [6, 6.07) is 5.72. The molecule has 0 saturated heterocycles. The van der Waals surface area contributed by atoms with Gasteiger partial charge in [-0.25, -0.2) is 0 Å². The average molecular weight is 396 g/mol. The molecular formula is C12H15BrINO. The van der Waals surface area contributed by atoms with E-state index >= 15 is 0 Å². The van der Waals surface area contributed by atoms with Crippen LogP contribution < -0.4 is 5.32 Å². The maximum atomic E-state index is 11.8. The van der Waals surface area contributed by atoms with Gasteiger partial charge in [-0.1, -0.05) is 34.7 Å². The average Bonchev–Trinajstić information content (AvgIpc) is 2.28. The van der Waals surface area contributed by atoms with Crippen molar-refractivity contribution in [2.24, 2.45) is 0 Å². The number of carbonyl (C=O) groups is 1. The first kappa shape index (κ1) is 14.0. The van der Waals surface area contributed by atoms with E-state index in [1.807, 2.05) is 25.1 Å². The largest absolute Gasteiger partial charge is 0.352 e. The number of hydrogen-bond donors (Lipinski definition) is 1. The molecule has 2 nitrogen and oxygen atoms in total. The first-order valence-corrected chi connectivity index (χ1v) is 7.58. The smallest absolute Gasteiger partial charge is 0.252 e. The molecule has 0 heterocycles. The SMILES string of the molecule is Cc1cccc(C(=O)NCCCCI)c1Br. The van der Waals surface area contributed by atoms with Crippen LogP contribution in [0.25, 0.3) is 0 Å². The number of benzene rings is 1. The summed E-state index contributed by atoms with van der Waals surface area (Å²) < 4.78 is 2.03. The third-order valence-corrected chi connectivity index (χ3v) is 4.10. The molecule has 4 heteroatoms. The number of hydrogen-bond acceptors (Lipinski definition) is 1. The summed E-state index contributed by atoms with van der Waals surface area (Å²) in [5, 5.41) is 2.93. The molecule has 0 spiro atoms. The Labute approximate surface area is 118 Å². The van der Waals surface area contributed by atoms with Gasteiger partial charge in [-0.2, -0.15) is 0 Å². The molecule has 0 atom stereocenters. The van der Waals surface area contributed by atoms with Gasteiger partial charge in [0.25, 0.3) is 5.91 Å². The van der Waals surface area contributed by atoms with Crippen LogP contribution in [0.1, 0.15) is 28.8 Å². The zero-order valence-electron chi connectivity index (χ0n) is 9.22. The number of unbranched alkanes of at least 4 members (excludes halogenated alkanes) is 1. The molecule has 0 fully saturated rings. The molecule has 0 saturated carbocycles. The van der Waals surface area contributed by atoms with Crippen molar-refractivity contribution in [1.82, 2.24) is 5.32 Å². The van der Waals surface area contributed by atoms with Crippen molar-refractivity contribution in [2.45, 2.75) is 19.8 Å². The minimum atomic E-state index is 0.00373. The molecule has 1 aromatic carbocycles. The highest BCUT2D eigenvalue weighted by atomic mass is 127. The van der Waals surface area contributed by atoms with Gasteiger partial charge in [-0.3, -0.25) is 4.79 Å². The first-order valence-electron chi connectivity index (χ1n) is 5.26. The minimum absolute atomic E-state index is 0.00373. The second-order valence-electron chi connectivity index (χ2n) is 3.59. The van der Waals surface area contributed by atoms with Crippen LogP contribution in [0.4, 0.5) is 0 Å². The first-order chi connectivity index (χ1) is 7.66. The van der Waals surface area contributed by atoms with E-state index in [1.54, 1.807) is 0 Å². The standard InChI is InChI=1S/C12H15BrINO/c1-9-5-4-6-10(11(9)13)12(16)15-8-3-2-7-14/h4-6H,2-3,7-8H2,1H3,(H,15,16). The topological polar surface area (TPSA) is 29.1 Å². The van der Waals surface area contributed by atoms with Gasteiger partial charge in [0.1, 0.15) is 0 Å². The van der Waals surface area contributed by atoms with E-state index in [9.17, 15) is 4.79 Å². The fraction of sp³-hybridized carbons (Fsp3) is 0.417. The van der Waals surface area contributed by atoms with Gasteiger partial charge < -0.3 is 5.32 Å². The molecule has 0 radical (unpaired) electrons. The lowest BCUT2D eigenvalue weighted by molar-refractivity contribution is 0.0952. The normalized spacial score (nSPS) is 10.2. The monoisotopic (exact) mass is 395 g/mol. The lowest BCUT2D eigenvalue weighted by atomic mass is 10.1. The van der Waals surface area contributed by atoms with Gasteiger partial charge in [-0.15, -0.1) is 0 Å². The highest BCUT2D eigenvalue weighted by Crippen LogP contribution is 2.20. The number of halogens is 2. The maximum Gasteiger partial charge on any atom is 0.252 e. The molecule has 1 rings (SSSR count). The molecule has 1 N–H and O–H groups in total. The Morgan fingerprint density at radius 2 is 2.19 bits per heavy atom. The van der Waals surface area contributed by atoms with Crippen LogP contribution >= 0.6 is 38.5 Å². The number of alkyl halides is 1. The molecule has 0 aromatic heterocycles. The van der Waals surface area contributed by atoms with E-state index in [4.69, 9.17) is 0 Å².